The van der Waals surface area contributed by atoms with Gasteiger partial charge in [0.05, 0.1) is 0 Å². The van der Waals surface area contributed by atoms with E-state index in [2.05, 4.69) is 0 Å². The summed E-state index contributed by atoms with van der Waals surface area (Å²) in [6.07, 6.45) is 4.51. The number of aliphatic carboxylic acids is 2. The summed E-state index contributed by atoms with van der Waals surface area (Å²) in [5, 5.41) is 19.8. The number of carbonyl (C=O) groups is 2. The second-order valence-electron chi connectivity index (χ2n) is 3.31. The second-order valence-corrected chi connectivity index (χ2v) is 5.28. The Balaban J connectivity index is -0.000000256. The molecular formula is C10H18N2NiO4S2-2. The third-order valence-corrected chi connectivity index (χ3v) is 3.08. The number of hydrogen-bond donors (Lipinski definition) is 0. The van der Waals surface area contributed by atoms with Crippen molar-refractivity contribution in [1.29, 1.82) is 0 Å². The van der Waals surface area contributed by atoms with Crippen LogP contribution in [0.25, 0.3) is 11.5 Å². The molecule has 2 unspecified atom stereocenters. The van der Waals surface area contributed by atoms with Crippen LogP contribution in [0.15, 0.2) is 0 Å². The van der Waals surface area contributed by atoms with Gasteiger partial charge in [0.1, 0.15) is 0 Å². The van der Waals surface area contributed by atoms with E-state index in [0.717, 1.165) is 0 Å². The predicted molar refractivity (Wildman–Crippen MR) is 72.2 cm³/mol. The van der Waals surface area contributed by atoms with E-state index in [4.69, 9.17) is 11.5 Å². The van der Waals surface area contributed by atoms with Gasteiger partial charge in [-0.2, -0.15) is 23.5 Å². The van der Waals surface area contributed by atoms with E-state index < -0.39 is 24.0 Å². The van der Waals surface area contributed by atoms with Gasteiger partial charge in [0.25, 0.3) is 0 Å². The largest absolute Gasteiger partial charge is 2.00 e. The quantitative estimate of drug-likeness (QED) is 0.557. The number of thioether (sulfide) groups is 2. The van der Waals surface area contributed by atoms with Gasteiger partial charge in [-0.3, -0.25) is 0 Å². The molecule has 9 heteroatoms. The van der Waals surface area contributed by atoms with Crippen LogP contribution in [-0.4, -0.2) is 48.0 Å². The van der Waals surface area contributed by atoms with Gasteiger partial charge in [0, 0.05) is 11.9 Å². The van der Waals surface area contributed by atoms with Crippen LogP contribution < -0.4 is 10.2 Å². The zero-order valence-electron chi connectivity index (χ0n) is 10.7. The average molecular weight is 353 g/mol. The molecule has 0 rings (SSSR count). The van der Waals surface area contributed by atoms with Gasteiger partial charge in [0.15, 0.2) is 0 Å². The predicted octanol–water partition coefficient (Wildman–Crippen LogP) is -0.182. The Hall–Kier alpha value is 0.0535. The van der Waals surface area contributed by atoms with Crippen LogP contribution in [0.5, 0.6) is 0 Å². The van der Waals surface area contributed by atoms with Crippen LogP contribution >= 0.6 is 23.5 Å². The Morgan fingerprint density at radius 3 is 1.37 bits per heavy atom. The van der Waals surface area contributed by atoms with E-state index in [-0.39, 0.29) is 16.5 Å². The summed E-state index contributed by atoms with van der Waals surface area (Å²) in [5.41, 5.74) is 13.7. The molecule has 0 aromatic heterocycles. The summed E-state index contributed by atoms with van der Waals surface area (Å²) < 4.78 is 0. The van der Waals surface area contributed by atoms with Gasteiger partial charge in [-0.05, 0) is 24.0 Å². The van der Waals surface area contributed by atoms with Gasteiger partial charge >= 0.3 is 16.5 Å². The fourth-order valence-corrected chi connectivity index (χ4v) is 1.65. The number of carbonyl (C=O) groups excluding carboxylic acids is 2. The van der Waals surface area contributed by atoms with Crippen LogP contribution in [0.4, 0.5) is 0 Å². The summed E-state index contributed by atoms with van der Waals surface area (Å²) in [6, 6.07) is -2.09. The van der Waals surface area contributed by atoms with Crippen molar-refractivity contribution in [1.82, 2.24) is 0 Å². The van der Waals surface area contributed by atoms with Gasteiger partial charge in [-0.1, -0.05) is 24.9 Å². The first-order valence-electron chi connectivity index (χ1n) is 5.18. The van der Waals surface area contributed by atoms with Crippen LogP contribution in [-0.2, 0) is 26.1 Å². The third-order valence-electron chi connectivity index (χ3n) is 1.79. The molecule has 0 aliphatic carbocycles. The van der Waals surface area contributed by atoms with E-state index in [0.29, 0.717) is 24.3 Å². The van der Waals surface area contributed by atoms with Crippen molar-refractivity contribution in [3.05, 3.63) is 11.5 Å². The van der Waals surface area contributed by atoms with Crippen molar-refractivity contribution in [3.8, 4) is 0 Å². The van der Waals surface area contributed by atoms with E-state index in [1.54, 1.807) is 0 Å². The number of carboxylic acid groups (broad SMARTS) is 2. The maximum Gasteiger partial charge on any atom is 2.00 e. The first kappa shape index (κ1) is 24.1. The van der Waals surface area contributed by atoms with Crippen LogP contribution in [0.1, 0.15) is 12.8 Å². The number of hydrogen-bond acceptors (Lipinski definition) is 6. The molecule has 0 amide bonds. The summed E-state index contributed by atoms with van der Waals surface area (Å²) in [5.74, 6) is -1.13. The van der Waals surface area contributed by atoms with E-state index in [9.17, 15) is 19.8 Å². The van der Waals surface area contributed by atoms with E-state index in [1.165, 1.54) is 23.5 Å². The maximum absolute atomic E-state index is 9.90. The fraction of sp³-hybridized carbons (Fsp3) is 0.800. The number of rotatable bonds is 8. The van der Waals surface area contributed by atoms with Gasteiger partial charge < -0.3 is 31.3 Å². The van der Waals surface area contributed by atoms with Gasteiger partial charge in [-0.15, -0.1) is 0 Å². The molecule has 6 nitrogen and oxygen atoms in total. The Labute approximate surface area is 132 Å². The Morgan fingerprint density at radius 2 is 1.21 bits per heavy atom. The van der Waals surface area contributed by atoms with Crippen LogP contribution in [0.3, 0.4) is 0 Å². The second kappa shape index (κ2) is 16.1. The third kappa shape index (κ3) is 18.1. The Bertz CT molecular complexity index is 224. The smallest absolute Gasteiger partial charge is 0.670 e. The minimum atomic E-state index is -1.27. The van der Waals surface area contributed by atoms with Crippen molar-refractivity contribution in [3.63, 3.8) is 0 Å². The molecular weight excluding hydrogens is 335 g/mol. The van der Waals surface area contributed by atoms with E-state index in [1.807, 2.05) is 12.5 Å². The van der Waals surface area contributed by atoms with Gasteiger partial charge in [-0.25, -0.2) is 0 Å². The topological polar surface area (TPSA) is 128 Å². The zero-order chi connectivity index (χ0) is 14.6. The molecule has 0 aliphatic heterocycles. The van der Waals surface area contributed by atoms with Crippen molar-refractivity contribution >= 4 is 35.5 Å². The van der Waals surface area contributed by atoms with Crippen molar-refractivity contribution < 1.29 is 36.3 Å². The monoisotopic (exact) mass is 352 g/mol. The molecule has 0 bridgehead atoms. The van der Waals surface area contributed by atoms with Crippen molar-refractivity contribution in [2.24, 2.45) is 0 Å². The van der Waals surface area contributed by atoms with Crippen LogP contribution in [0.2, 0.25) is 0 Å². The van der Waals surface area contributed by atoms with E-state index >= 15 is 0 Å². The summed E-state index contributed by atoms with van der Waals surface area (Å²) in [6.45, 7) is 0. The molecule has 0 saturated carbocycles. The minimum Gasteiger partial charge on any atom is -0.670 e. The minimum absolute atomic E-state index is 0. The summed E-state index contributed by atoms with van der Waals surface area (Å²) >= 11 is 3.07. The molecule has 0 aliphatic rings. The number of nitrogens with one attached hydrogen (secondary N) is 2. The molecule has 0 spiro atoms. The molecule has 0 aromatic carbocycles. The zero-order valence-corrected chi connectivity index (χ0v) is 13.4. The molecule has 19 heavy (non-hydrogen) atoms. The summed E-state index contributed by atoms with van der Waals surface area (Å²) in [7, 11) is 0. The molecule has 0 fully saturated rings. The first-order valence-corrected chi connectivity index (χ1v) is 7.97. The average Bonchev–Trinajstić information content (AvgIpc) is 2.33. The molecule has 0 saturated heterocycles. The Morgan fingerprint density at radius 1 is 0.947 bits per heavy atom. The summed E-state index contributed by atoms with van der Waals surface area (Å²) in [4.78, 5) is 19.8. The SMILES string of the molecule is CSCCC([NH-])C(=O)[O-].CSCCC([NH-])C(=O)[O-].[Ni+2]. The molecule has 116 valence electrons. The fourth-order valence-electron chi connectivity index (χ4n) is 0.707. The molecule has 0 aromatic rings. The van der Waals surface area contributed by atoms with Crippen molar-refractivity contribution in [2.45, 2.75) is 24.9 Å². The molecule has 0 radical (unpaired) electrons. The molecule has 0 heterocycles. The van der Waals surface area contributed by atoms with Crippen LogP contribution in [0, 0.1) is 0 Å². The maximum atomic E-state index is 9.90. The number of carboxylic acids is 2. The standard InChI is InChI=1S/2C5H10NO2S.Ni/c2*1-9-3-2-4(6)5(7)8;/h2*4,6H,2-3H2,1H3,(H,7,8);/q2*-1;+2/p-2. The molecule has 2 N–H and O–H groups in total. The normalized spacial score (nSPS) is 12.4. The Kier molecular flexibility index (Phi) is 20.4. The first-order chi connectivity index (χ1) is 8.36. The van der Waals surface area contributed by atoms with Gasteiger partial charge in [0.2, 0.25) is 0 Å². The molecule has 2 atom stereocenters. The van der Waals surface area contributed by atoms with Crippen molar-refractivity contribution in [2.75, 3.05) is 24.0 Å².